The number of rotatable bonds is 8. The first-order valence-electron chi connectivity index (χ1n) is 8.59. The molecule has 0 unspecified atom stereocenters. The molecule has 0 atom stereocenters. The predicted molar refractivity (Wildman–Crippen MR) is 103 cm³/mol. The average Bonchev–Trinajstić information content (AvgIpc) is 3.00. The molecule has 0 amide bonds. The third kappa shape index (κ3) is 4.14. The molecule has 0 aliphatic carbocycles. The molecule has 3 aromatic rings. The van der Waals surface area contributed by atoms with Gasteiger partial charge >= 0.3 is 5.97 Å². The van der Waals surface area contributed by atoms with Gasteiger partial charge in [0.2, 0.25) is 5.88 Å². The molecule has 2 heterocycles. The number of ether oxygens (including phenoxy) is 2. The quantitative estimate of drug-likeness (QED) is 0.585. The van der Waals surface area contributed by atoms with Gasteiger partial charge in [0.15, 0.2) is 0 Å². The van der Waals surface area contributed by atoms with Crippen LogP contribution in [-0.4, -0.2) is 39.6 Å². The Labute approximate surface area is 161 Å². The van der Waals surface area contributed by atoms with E-state index in [1.807, 2.05) is 31.2 Å². The summed E-state index contributed by atoms with van der Waals surface area (Å²) in [6, 6.07) is 9.25. The monoisotopic (exact) mass is 389 g/mol. The van der Waals surface area contributed by atoms with Gasteiger partial charge in [-0.25, -0.2) is 4.98 Å². The van der Waals surface area contributed by atoms with Crippen molar-refractivity contribution in [3.63, 3.8) is 0 Å². The number of hydrogen-bond donors (Lipinski definition) is 1. The van der Waals surface area contributed by atoms with Gasteiger partial charge in [0, 0.05) is 24.6 Å². The van der Waals surface area contributed by atoms with Crippen molar-refractivity contribution in [3.8, 4) is 22.9 Å². The summed E-state index contributed by atoms with van der Waals surface area (Å²) in [6.45, 7) is 2.76. The zero-order valence-corrected chi connectivity index (χ0v) is 15.9. The second-order valence-electron chi connectivity index (χ2n) is 5.87. The molecule has 0 saturated heterocycles. The lowest BCUT2D eigenvalue weighted by molar-refractivity contribution is -0.137. The number of fused-ring (bicyclic) bond motifs is 1. The molecule has 0 radical (unpaired) electrons. The van der Waals surface area contributed by atoms with E-state index < -0.39 is 5.97 Å². The fourth-order valence-corrected chi connectivity index (χ4v) is 3.05. The number of aromatic nitrogens is 3. The fourth-order valence-electron chi connectivity index (χ4n) is 2.87. The first-order chi connectivity index (χ1) is 13.0. The SMILES string of the molecule is CCOc1nc(Cl)cc2c1c(-c1ccc(OC)cc1)nn2CCCC(=O)O. The van der Waals surface area contributed by atoms with Crippen molar-refractivity contribution in [2.75, 3.05) is 13.7 Å². The van der Waals surface area contributed by atoms with Crippen molar-refractivity contribution in [1.82, 2.24) is 14.8 Å². The number of aryl methyl sites for hydroxylation is 1. The van der Waals surface area contributed by atoms with Crippen molar-refractivity contribution in [1.29, 1.82) is 0 Å². The maximum Gasteiger partial charge on any atom is 0.303 e. The number of benzene rings is 1. The van der Waals surface area contributed by atoms with Crippen LogP contribution in [0, 0.1) is 0 Å². The molecule has 0 aliphatic heterocycles. The van der Waals surface area contributed by atoms with E-state index >= 15 is 0 Å². The van der Waals surface area contributed by atoms with Crippen LogP contribution in [0.4, 0.5) is 0 Å². The Bertz CT molecular complexity index is 954. The number of carboxylic acids is 1. The molecule has 1 aromatic carbocycles. The Morgan fingerprint density at radius 1 is 1.30 bits per heavy atom. The van der Waals surface area contributed by atoms with E-state index in [9.17, 15) is 4.79 Å². The Morgan fingerprint density at radius 2 is 2.04 bits per heavy atom. The lowest BCUT2D eigenvalue weighted by Crippen LogP contribution is -2.04. The summed E-state index contributed by atoms with van der Waals surface area (Å²) in [6.07, 6.45) is 0.522. The average molecular weight is 390 g/mol. The van der Waals surface area contributed by atoms with Gasteiger partial charge in [-0.3, -0.25) is 9.48 Å². The van der Waals surface area contributed by atoms with Gasteiger partial charge in [0.1, 0.15) is 16.6 Å². The van der Waals surface area contributed by atoms with Gasteiger partial charge in [-0.2, -0.15) is 5.10 Å². The normalized spacial score (nSPS) is 10.9. The molecule has 0 spiro atoms. The summed E-state index contributed by atoms with van der Waals surface area (Å²) in [5, 5.41) is 14.7. The molecule has 142 valence electrons. The van der Waals surface area contributed by atoms with Gasteiger partial charge in [0.05, 0.1) is 24.6 Å². The van der Waals surface area contributed by atoms with E-state index in [0.29, 0.717) is 36.3 Å². The third-order valence-corrected chi connectivity index (χ3v) is 4.27. The van der Waals surface area contributed by atoms with Crippen LogP contribution in [0.25, 0.3) is 22.2 Å². The zero-order valence-electron chi connectivity index (χ0n) is 15.1. The second kappa shape index (κ2) is 8.26. The van der Waals surface area contributed by atoms with E-state index in [0.717, 1.165) is 22.2 Å². The number of hydrogen-bond acceptors (Lipinski definition) is 5. The highest BCUT2D eigenvalue weighted by molar-refractivity contribution is 6.30. The Hall–Kier alpha value is -2.80. The molecule has 1 N–H and O–H groups in total. The highest BCUT2D eigenvalue weighted by Crippen LogP contribution is 2.36. The minimum Gasteiger partial charge on any atom is -0.497 e. The molecule has 2 aromatic heterocycles. The number of nitrogens with zero attached hydrogens (tertiary/aromatic N) is 3. The van der Waals surface area contributed by atoms with Crippen LogP contribution in [0.5, 0.6) is 11.6 Å². The van der Waals surface area contributed by atoms with Gasteiger partial charge < -0.3 is 14.6 Å². The molecule has 27 heavy (non-hydrogen) atoms. The molecular formula is C19H20ClN3O4. The van der Waals surface area contributed by atoms with Crippen LogP contribution in [0.2, 0.25) is 5.15 Å². The number of pyridine rings is 1. The third-order valence-electron chi connectivity index (χ3n) is 4.07. The van der Waals surface area contributed by atoms with Crippen LogP contribution in [-0.2, 0) is 11.3 Å². The van der Waals surface area contributed by atoms with E-state index in [-0.39, 0.29) is 6.42 Å². The Kier molecular flexibility index (Phi) is 5.81. The smallest absolute Gasteiger partial charge is 0.303 e. The maximum absolute atomic E-state index is 10.8. The first kappa shape index (κ1) is 19.0. The zero-order chi connectivity index (χ0) is 19.4. The Balaban J connectivity index is 2.13. The molecule has 0 fully saturated rings. The number of aliphatic carboxylic acids is 1. The summed E-state index contributed by atoms with van der Waals surface area (Å²) in [7, 11) is 1.61. The van der Waals surface area contributed by atoms with E-state index in [2.05, 4.69) is 4.98 Å². The van der Waals surface area contributed by atoms with Crippen LogP contribution >= 0.6 is 11.6 Å². The van der Waals surface area contributed by atoms with Crippen molar-refractivity contribution >= 4 is 28.5 Å². The second-order valence-corrected chi connectivity index (χ2v) is 6.26. The van der Waals surface area contributed by atoms with Crippen LogP contribution in [0.15, 0.2) is 30.3 Å². The Morgan fingerprint density at radius 3 is 2.67 bits per heavy atom. The van der Waals surface area contributed by atoms with Crippen molar-refractivity contribution < 1.29 is 19.4 Å². The highest BCUT2D eigenvalue weighted by Gasteiger charge is 2.19. The molecule has 3 rings (SSSR count). The molecule has 7 nitrogen and oxygen atoms in total. The standard InChI is InChI=1S/C19H20ClN3O4/c1-3-27-19-17-14(11-15(20)21-19)23(10-4-5-16(24)25)22-18(17)12-6-8-13(26-2)9-7-12/h6-9,11H,3-5,10H2,1-2H3,(H,24,25). The largest absolute Gasteiger partial charge is 0.497 e. The van der Waals surface area contributed by atoms with Crippen molar-refractivity contribution in [2.45, 2.75) is 26.3 Å². The van der Waals surface area contributed by atoms with Crippen molar-refractivity contribution in [3.05, 3.63) is 35.5 Å². The van der Waals surface area contributed by atoms with Gasteiger partial charge in [-0.1, -0.05) is 11.6 Å². The fraction of sp³-hybridized carbons (Fsp3) is 0.316. The van der Waals surface area contributed by atoms with E-state index in [1.165, 1.54) is 0 Å². The minimum absolute atomic E-state index is 0.0658. The maximum atomic E-state index is 10.8. The summed E-state index contributed by atoms with van der Waals surface area (Å²) in [5.74, 6) is 0.321. The van der Waals surface area contributed by atoms with Gasteiger partial charge in [-0.15, -0.1) is 0 Å². The number of carbonyl (C=O) groups is 1. The molecule has 0 bridgehead atoms. The van der Waals surface area contributed by atoms with Crippen LogP contribution < -0.4 is 9.47 Å². The molecule has 0 aliphatic rings. The summed E-state index contributed by atoms with van der Waals surface area (Å²) >= 11 is 6.17. The minimum atomic E-state index is -0.837. The van der Waals surface area contributed by atoms with E-state index in [1.54, 1.807) is 17.9 Å². The number of halogens is 1. The molecule has 8 heteroatoms. The molecular weight excluding hydrogens is 370 g/mol. The highest BCUT2D eigenvalue weighted by atomic mass is 35.5. The number of methoxy groups -OCH3 is 1. The lowest BCUT2D eigenvalue weighted by atomic mass is 10.1. The molecule has 0 saturated carbocycles. The first-order valence-corrected chi connectivity index (χ1v) is 8.97. The lowest BCUT2D eigenvalue weighted by Gasteiger charge is -2.07. The summed E-state index contributed by atoms with van der Waals surface area (Å²) in [4.78, 5) is 15.1. The number of carboxylic acid groups (broad SMARTS) is 1. The van der Waals surface area contributed by atoms with Gasteiger partial charge in [0.25, 0.3) is 0 Å². The van der Waals surface area contributed by atoms with Gasteiger partial charge in [-0.05, 0) is 37.6 Å². The summed E-state index contributed by atoms with van der Waals surface area (Å²) in [5.41, 5.74) is 2.34. The van der Waals surface area contributed by atoms with Crippen LogP contribution in [0.3, 0.4) is 0 Å². The van der Waals surface area contributed by atoms with E-state index in [4.69, 9.17) is 31.3 Å². The predicted octanol–water partition coefficient (Wildman–Crippen LogP) is 4.02. The summed E-state index contributed by atoms with van der Waals surface area (Å²) < 4.78 is 12.7. The van der Waals surface area contributed by atoms with Crippen LogP contribution in [0.1, 0.15) is 19.8 Å². The van der Waals surface area contributed by atoms with Crippen molar-refractivity contribution in [2.24, 2.45) is 0 Å². The topological polar surface area (TPSA) is 86.5 Å².